The van der Waals surface area contributed by atoms with Gasteiger partial charge in [-0.3, -0.25) is 4.79 Å². The van der Waals surface area contributed by atoms with E-state index >= 15 is 0 Å². The molecule has 6 heteroatoms. The number of nitrogens with one attached hydrogen (secondary N) is 1. The van der Waals surface area contributed by atoms with Gasteiger partial charge in [0.2, 0.25) is 0 Å². The lowest BCUT2D eigenvalue weighted by atomic mass is 10.1. The molecule has 0 saturated heterocycles. The number of rotatable bonds is 5. The van der Waals surface area contributed by atoms with Gasteiger partial charge in [0, 0.05) is 4.88 Å². The highest BCUT2D eigenvalue weighted by atomic mass is 32.1. The molecule has 0 spiro atoms. The summed E-state index contributed by atoms with van der Waals surface area (Å²) in [4.78, 5) is 25.6. The summed E-state index contributed by atoms with van der Waals surface area (Å²) in [5.74, 6) is -1.04. The number of ether oxygens (including phenoxy) is 1. The highest BCUT2D eigenvalue weighted by Crippen LogP contribution is 2.33. The molecule has 1 aromatic heterocycles. The normalized spacial score (nSPS) is 11.0. The Balaban J connectivity index is 2.31. The van der Waals surface area contributed by atoms with E-state index in [1.807, 2.05) is 44.2 Å². The highest BCUT2D eigenvalue weighted by molar-refractivity contribution is 7.16. The van der Waals surface area contributed by atoms with E-state index in [0.717, 1.165) is 21.6 Å². The fraction of sp³-hybridized carbons (Fsp3) is 0.250. The molecule has 0 unspecified atom stereocenters. The molecular weight excluding hydrogens is 348 g/mol. The number of benzene rings is 1. The summed E-state index contributed by atoms with van der Waals surface area (Å²) < 4.78 is 5.07. The number of anilines is 1. The minimum Gasteiger partial charge on any atom is -0.462 e. The van der Waals surface area contributed by atoms with Gasteiger partial charge in [-0.1, -0.05) is 29.8 Å². The Morgan fingerprint density at radius 3 is 2.46 bits per heavy atom. The van der Waals surface area contributed by atoms with Crippen molar-refractivity contribution >= 4 is 34.3 Å². The third kappa shape index (κ3) is 4.38. The number of hydrogen-bond donors (Lipinski definition) is 1. The van der Waals surface area contributed by atoms with Crippen LogP contribution in [0.1, 0.15) is 38.8 Å². The van der Waals surface area contributed by atoms with E-state index in [2.05, 4.69) is 5.32 Å². The number of nitriles is 1. The third-order valence-electron chi connectivity index (χ3n) is 3.85. The molecule has 1 N–H and O–H groups in total. The lowest BCUT2D eigenvalue weighted by Crippen LogP contribution is -2.16. The van der Waals surface area contributed by atoms with Crippen molar-refractivity contribution in [3.63, 3.8) is 0 Å². The van der Waals surface area contributed by atoms with E-state index in [0.29, 0.717) is 10.6 Å². The molecule has 0 fully saturated rings. The lowest BCUT2D eigenvalue weighted by molar-refractivity contribution is -0.112. The van der Waals surface area contributed by atoms with Gasteiger partial charge in [0.1, 0.15) is 16.6 Å². The molecule has 0 aliphatic rings. The number of amides is 1. The van der Waals surface area contributed by atoms with Gasteiger partial charge in [-0.05, 0) is 44.9 Å². The molecule has 2 rings (SSSR count). The fourth-order valence-corrected chi connectivity index (χ4v) is 3.36. The Hall–Kier alpha value is -2.91. The van der Waals surface area contributed by atoms with Gasteiger partial charge in [0.25, 0.3) is 5.91 Å². The lowest BCUT2D eigenvalue weighted by Gasteiger charge is -2.07. The van der Waals surface area contributed by atoms with Crippen LogP contribution in [0.15, 0.2) is 29.8 Å². The Morgan fingerprint density at radius 2 is 1.88 bits per heavy atom. The second kappa shape index (κ2) is 8.45. The summed E-state index contributed by atoms with van der Waals surface area (Å²) in [6, 6.07) is 9.40. The Labute approximate surface area is 156 Å². The van der Waals surface area contributed by atoms with E-state index in [9.17, 15) is 14.9 Å². The molecule has 0 aliphatic carbocycles. The van der Waals surface area contributed by atoms with E-state index in [1.54, 1.807) is 13.8 Å². The summed E-state index contributed by atoms with van der Waals surface area (Å²) >= 11 is 1.29. The topological polar surface area (TPSA) is 79.2 Å². The molecule has 26 heavy (non-hydrogen) atoms. The van der Waals surface area contributed by atoms with Gasteiger partial charge < -0.3 is 10.1 Å². The zero-order valence-electron chi connectivity index (χ0n) is 15.2. The quantitative estimate of drug-likeness (QED) is 0.482. The van der Waals surface area contributed by atoms with Gasteiger partial charge in [-0.15, -0.1) is 11.3 Å². The highest BCUT2D eigenvalue weighted by Gasteiger charge is 2.23. The van der Waals surface area contributed by atoms with Crippen LogP contribution in [-0.4, -0.2) is 18.5 Å². The van der Waals surface area contributed by atoms with Gasteiger partial charge in [0.05, 0.1) is 12.2 Å². The van der Waals surface area contributed by atoms with Crippen molar-refractivity contribution in [1.82, 2.24) is 0 Å². The van der Waals surface area contributed by atoms with Crippen LogP contribution in [0, 0.1) is 32.1 Å². The van der Waals surface area contributed by atoms with Gasteiger partial charge in [-0.25, -0.2) is 4.79 Å². The molecule has 0 bridgehead atoms. The van der Waals surface area contributed by atoms with Crippen molar-refractivity contribution in [2.45, 2.75) is 27.7 Å². The van der Waals surface area contributed by atoms with Crippen molar-refractivity contribution in [2.24, 2.45) is 0 Å². The van der Waals surface area contributed by atoms with Crippen molar-refractivity contribution < 1.29 is 14.3 Å². The predicted molar refractivity (Wildman–Crippen MR) is 103 cm³/mol. The first kappa shape index (κ1) is 19.4. The first-order valence-electron chi connectivity index (χ1n) is 8.14. The van der Waals surface area contributed by atoms with Crippen LogP contribution in [0.2, 0.25) is 0 Å². The number of aryl methyl sites for hydroxylation is 2. The van der Waals surface area contributed by atoms with E-state index in [4.69, 9.17) is 4.74 Å². The monoisotopic (exact) mass is 368 g/mol. The molecule has 0 radical (unpaired) electrons. The standard InChI is InChI=1S/C20H20N2O3S/c1-5-25-20(24)17-13(3)14(4)26-19(17)22-18(23)16(11-21)10-15-8-6-12(2)7-9-15/h6-10H,5H2,1-4H3,(H,22,23)/b16-10-. The summed E-state index contributed by atoms with van der Waals surface area (Å²) in [7, 11) is 0. The van der Waals surface area contributed by atoms with Crippen LogP contribution in [-0.2, 0) is 9.53 Å². The number of esters is 1. The van der Waals surface area contributed by atoms with Crippen molar-refractivity contribution in [3.05, 3.63) is 57.0 Å². The van der Waals surface area contributed by atoms with Gasteiger partial charge in [0.15, 0.2) is 0 Å². The van der Waals surface area contributed by atoms with Crippen molar-refractivity contribution in [2.75, 3.05) is 11.9 Å². The van der Waals surface area contributed by atoms with E-state index < -0.39 is 11.9 Å². The number of thiophene rings is 1. The van der Waals surface area contributed by atoms with Crippen LogP contribution >= 0.6 is 11.3 Å². The first-order valence-corrected chi connectivity index (χ1v) is 8.96. The number of carbonyl (C=O) groups excluding carboxylic acids is 2. The van der Waals surface area contributed by atoms with Crippen LogP contribution in [0.25, 0.3) is 6.08 Å². The van der Waals surface area contributed by atoms with E-state index in [-0.39, 0.29) is 12.2 Å². The maximum Gasteiger partial charge on any atom is 0.341 e. The molecule has 0 aliphatic heterocycles. The zero-order chi connectivity index (χ0) is 19.3. The van der Waals surface area contributed by atoms with Crippen LogP contribution < -0.4 is 5.32 Å². The average Bonchev–Trinajstić information content (AvgIpc) is 2.88. The Kier molecular flexibility index (Phi) is 6.31. The molecule has 2 aromatic rings. The Bertz CT molecular complexity index is 902. The fourth-order valence-electron chi connectivity index (χ4n) is 2.31. The molecule has 1 heterocycles. The summed E-state index contributed by atoms with van der Waals surface area (Å²) in [6.45, 7) is 7.61. The molecule has 5 nitrogen and oxygen atoms in total. The summed E-state index contributed by atoms with van der Waals surface area (Å²) in [6.07, 6.45) is 1.52. The minimum atomic E-state index is -0.556. The smallest absolute Gasteiger partial charge is 0.341 e. The summed E-state index contributed by atoms with van der Waals surface area (Å²) in [5, 5.41) is 12.4. The molecule has 1 amide bonds. The van der Waals surface area contributed by atoms with Gasteiger partial charge >= 0.3 is 5.97 Å². The second-order valence-corrected chi connectivity index (χ2v) is 6.97. The molecule has 1 aromatic carbocycles. The minimum absolute atomic E-state index is 0.0348. The second-order valence-electron chi connectivity index (χ2n) is 5.74. The number of hydrogen-bond acceptors (Lipinski definition) is 5. The average molecular weight is 368 g/mol. The molecule has 134 valence electrons. The first-order chi connectivity index (χ1) is 12.4. The van der Waals surface area contributed by atoms with Gasteiger partial charge in [-0.2, -0.15) is 5.26 Å². The molecular formula is C20H20N2O3S. The SMILES string of the molecule is CCOC(=O)c1c(NC(=O)/C(C#N)=C\c2ccc(C)cc2)sc(C)c1C. The van der Waals surface area contributed by atoms with Crippen LogP contribution in [0.3, 0.4) is 0 Å². The van der Waals surface area contributed by atoms with Crippen LogP contribution in [0.4, 0.5) is 5.00 Å². The maximum atomic E-state index is 12.5. The number of nitrogens with zero attached hydrogens (tertiary/aromatic N) is 1. The van der Waals surface area contributed by atoms with Crippen LogP contribution in [0.5, 0.6) is 0 Å². The van der Waals surface area contributed by atoms with E-state index in [1.165, 1.54) is 17.4 Å². The van der Waals surface area contributed by atoms with Crippen molar-refractivity contribution in [3.8, 4) is 6.07 Å². The summed E-state index contributed by atoms with van der Waals surface area (Å²) in [5.41, 5.74) is 2.92. The molecule has 0 atom stereocenters. The number of carbonyl (C=O) groups is 2. The maximum absolute atomic E-state index is 12.5. The molecule has 0 saturated carbocycles. The third-order valence-corrected chi connectivity index (χ3v) is 4.97. The zero-order valence-corrected chi connectivity index (χ0v) is 16.0. The largest absolute Gasteiger partial charge is 0.462 e. The Morgan fingerprint density at radius 1 is 1.23 bits per heavy atom. The predicted octanol–water partition coefficient (Wildman–Crippen LogP) is 4.40. The van der Waals surface area contributed by atoms with Crippen molar-refractivity contribution in [1.29, 1.82) is 5.26 Å².